The molecule has 4 heterocycles. The number of piperidine rings is 1. The van der Waals surface area contributed by atoms with Crippen molar-refractivity contribution in [3.05, 3.63) is 16.6 Å². The van der Waals surface area contributed by atoms with Gasteiger partial charge in [-0.3, -0.25) is 9.69 Å². The van der Waals surface area contributed by atoms with Crippen molar-refractivity contribution in [3.8, 4) is 0 Å². The van der Waals surface area contributed by atoms with Crippen molar-refractivity contribution in [1.82, 2.24) is 14.8 Å². The molecule has 3 aliphatic heterocycles. The van der Waals surface area contributed by atoms with Gasteiger partial charge in [-0.1, -0.05) is 0 Å². The summed E-state index contributed by atoms with van der Waals surface area (Å²) < 4.78 is 37.2. The minimum Gasteiger partial charge on any atom is -0.475 e. The number of rotatable bonds is 2. The molecule has 0 bridgehead atoms. The van der Waals surface area contributed by atoms with Crippen molar-refractivity contribution in [2.24, 2.45) is 5.41 Å². The average Bonchev–Trinajstić information content (AvgIpc) is 3.39. The van der Waals surface area contributed by atoms with Crippen LogP contribution in [0.15, 0.2) is 10.9 Å². The van der Waals surface area contributed by atoms with Gasteiger partial charge in [0.15, 0.2) is 0 Å². The number of hydrogen-bond donors (Lipinski definition) is 1. The standard InChI is InChI=1S/C17H25N3O2S.C2HF3O2/c21-16(15-10-23-13-18-15)20-6-1-4-17(12-20)5-7-19(11-17)14-2-8-22-9-3-14;3-2(4,5)1(6)7/h10,13-14H,1-9,11-12H2;(H,6,7). The molecule has 0 aromatic carbocycles. The monoisotopic (exact) mass is 449 g/mol. The number of amides is 1. The topological polar surface area (TPSA) is 83.0 Å². The van der Waals surface area contributed by atoms with Crippen LogP contribution in [0.4, 0.5) is 13.2 Å². The Bertz CT molecular complexity index is 725. The molecule has 168 valence electrons. The van der Waals surface area contributed by atoms with E-state index in [1.807, 2.05) is 10.3 Å². The predicted molar refractivity (Wildman–Crippen MR) is 103 cm³/mol. The van der Waals surface area contributed by atoms with Gasteiger partial charge < -0.3 is 14.7 Å². The lowest BCUT2D eigenvalue weighted by atomic mass is 9.79. The zero-order valence-electron chi connectivity index (χ0n) is 16.6. The number of ether oxygens (including phenoxy) is 1. The Balaban J connectivity index is 0.000000318. The second kappa shape index (κ2) is 9.61. The van der Waals surface area contributed by atoms with Crippen molar-refractivity contribution in [2.75, 3.05) is 39.4 Å². The van der Waals surface area contributed by atoms with Crippen LogP contribution < -0.4 is 0 Å². The van der Waals surface area contributed by atoms with Gasteiger partial charge in [0, 0.05) is 49.7 Å². The number of nitrogens with zero attached hydrogens (tertiary/aromatic N) is 3. The van der Waals surface area contributed by atoms with E-state index in [1.165, 1.54) is 30.7 Å². The second-order valence-electron chi connectivity index (χ2n) is 8.07. The fourth-order valence-corrected chi connectivity index (χ4v) is 5.05. The first-order chi connectivity index (χ1) is 14.2. The first kappa shape index (κ1) is 23.0. The Kier molecular flexibility index (Phi) is 7.35. The van der Waals surface area contributed by atoms with Gasteiger partial charge in [0.05, 0.1) is 5.51 Å². The molecule has 4 rings (SSSR count). The third-order valence-corrected chi connectivity index (χ3v) is 6.60. The first-order valence-electron chi connectivity index (χ1n) is 10.00. The summed E-state index contributed by atoms with van der Waals surface area (Å²) >= 11 is 1.50. The molecule has 7 nitrogen and oxygen atoms in total. The smallest absolute Gasteiger partial charge is 0.475 e. The summed E-state index contributed by atoms with van der Waals surface area (Å²) in [6, 6.07) is 0.688. The van der Waals surface area contributed by atoms with Crippen LogP contribution in [0, 0.1) is 5.41 Å². The van der Waals surface area contributed by atoms with Gasteiger partial charge in [0.25, 0.3) is 5.91 Å². The molecule has 3 saturated heterocycles. The Morgan fingerprint density at radius 3 is 2.50 bits per heavy atom. The van der Waals surface area contributed by atoms with E-state index in [2.05, 4.69) is 9.88 Å². The number of alkyl halides is 3. The van der Waals surface area contributed by atoms with Gasteiger partial charge in [-0.05, 0) is 38.6 Å². The lowest BCUT2D eigenvalue weighted by Gasteiger charge is -2.41. The van der Waals surface area contributed by atoms with Crippen LogP contribution in [0.1, 0.15) is 42.6 Å². The fourth-order valence-electron chi connectivity index (χ4n) is 4.53. The van der Waals surface area contributed by atoms with Crippen LogP contribution in [0.2, 0.25) is 0 Å². The molecule has 1 aromatic rings. The SMILES string of the molecule is O=C(O)C(F)(F)F.O=C(c1cscn1)N1CCCC2(CCN(C3CCOCC3)C2)C1. The summed E-state index contributed by atoms with van der Waals surface area (Å²) in [6.45, 7) is 5.94. The summed E-state index contributed by atoms with van der Waals surface area (Å²) in [5.74, 6) is -2.64. The third-order valence-electron chi connectivity index (χ3n) is 6.02. The zero-order valence-corrected chi connectivity index (χ0v) is 17.4. The number of carbonyl (C=O) groups excluding carboxylic acids is 1. The van der Waals surface area contributed by atoms with Crippen LogP contribution in [0.3, 0.4) is 0 Å². The van der Waals surface area contributed by atoms with Gasteiger partial charge in [-0.15, -0.1) is 11.3 Å². The van der Waals surface area contributed by atoms with Gasteiger partial charge in [-0.25, -0.2) is 9.78 Å². The van der Waals surface area contributed by atoms with E-state index in [0.717, 1.165) is 52.1 Å². The van der Waals surface area contributed by atoms with Crippen molar-refractivity contribution >= 4 is 23.2 Å². The molecule has 1 N–H and O–H groups in total. The van der Waals surface area contributed by atoms with Crippen molar-refractivity contribution in [3.63, 3.8) is 0 Å². The molecule has 1 unspecified atom stereocenters. The molecule has 1 atom stereocenters. The quantitative estimate of drug-likeness (QED) is 0.748. The van der Waals surface area contributed by atoms with Crippen LogP contribution in [-0.2, 0) is 9.53 Å². The molecule has 0 saturated carbocycles. The van der Waals surface area contributed by atoms with Crippen LogP contribution in [0.5, 0.6) is 0 Å². The zero-order chi connectivity index (χ0) is 21.8. The lowest BCUT2D eigenvalue weighted by Crippen LogP contribution is -2.48. The van der Waals surface area contributed by atoms with E-state index in [1.54, 1.807) is 5.51 Å². The summed E-state index contributed by atoms with van der Waals surface area (Å²) in [7, 11) is 0. The highest BCUT2D eigenvalue weighted by Crippen LogP contribution is 2.40. The Hall–Kier alpha value is -1.72. The van der Waals surface area contributed by atoms with E-state index < -0.39 is 12.1 Å². The highest BCUT2D eigenvalue weighted by Gasteiger charge is 2.44. The fraction of sp³-hybridized carbons (Fsp3) is 0.737. The number of carbonyl (C=O) groups is 2. The first-order valence-corrected chi connectivity index (χ1v) is 10.9. The Morgan fingerprint density at radius 2 is 1.90 bits per heavy atom. The highest BCUT2D eigenvalue weighted by molar-refractivity contribution is 7.07. The molecule has 0 radical (unpaired) electrons. The molecular formula is C19H26F3N3O4S. The third kappa shape index (κ3) is 5.70. The van der Waals surface area contributed by atoms with Crippen LogP contribution >= 0.6 is 11.3 Å². The molecule has 3 fully saturated rings. The van der Waals surface area contributed by atoms with E-state index >= 15 is 0 Å². The van der Waals surface area contributed by atoms with Crippen LogP contribution in [0.25, 0.3) is 0 Å². The number of hydrogen-bond acceptors (Lipinski definition) is 6. The molecular weight excluding hydrogens is 423 g/mol. The summed E-state index contributed by atoms with van der Waals surface area (Å²) in [6.07, 6.45) is 0.853. The highest BCUT2D eigenvalue weighted by atomic mass is 32.1. The molecule has 1 aromatic heterocycles. The van der Waals surface area contributed by atoms with Crippen molar-refractivity contribution < 1.29 is 32.6 Å². The van der Waals surface area contributed by atoms with Crippen LogP contribution in [-0.4, -0.2) is 83.4 Å². The maximum Gasteiger partial charge on any atom is 0.490 e. The average molecular weight is 449 g/mol. The van der Waals surface area contributed by atoms with Crippen molar-refractivity contribution in [2.45, 2.75) is 44.3 Å². The van der Waals surface area contributed by atoms with Gasteiger partial charge in [-0.2, -0.15) is 13.2 Å². The summed E-state index contributed by atoms with van der Waals surface area (Å²) in [5.41, 5.74) is 2.67. The maximum atomic E-state index is 12.6. The Morgan fingerprint density at radius 1 is 1.20 bits per heavy atom. The number of thiazole rings is 1. The molecule has 1 spiro atoms. The molecule has 11 heteroatoms. The predicted octanol–water partition coefficient (Wildman–Crippen LogP) is 2.88. The van der Waals surface area contributed by atoms with Gasteiger partial charge in [0.2, 0.25) is 0 Å². The van der Waals surface area contributed by atoms with E-state index in [-0.39, 0.29) is 5.91 Å². The lowest BCUT2D eigenvalue weighted by molar-refractivity contribution is -0.192. The van der Waals surface area contributed by atoms with Gasteiger partial charge >= 0.3 is 12.1 Å². The molecule has 1 amide bonds. The molecule has 30 heavy (non-hydrogen) atoms. The van der Waals surface area contributed by atoms with Gasteiger partial charge in [0.1, 0.15) is 5.69 Å². The molecule has 3 aliphatic rings. The summed E-state index contributed by atoms with van der Waals surface area (Å²) in [5, 5.41) is 8.99. The number of carboxylic acids is 1. The normalized spacial score (nSPS) is 25.8. The maximum absolute atomic E-state index is 12.6. The number of likely N-dealkylation sites (tertiary alicyclic amines) is 2. The summed E-state index contributed by atoms with van der Waals surface area (Å²) in [4.78, 5) is 30.4. The number of aliphatic carboxylic acids is 1. The minimum absolute atomic E-state index is 0.120. The molecule has 0 aliphatic carbocycles. The van der Waals surface area contributed by atoms with E-state index in [9.17, 15) is 18.0 Å². The number of aromatic nitrogens is 1. The number of halogens is 3. The Labute approximate surface area is 176 Å². The van der Waals surface area contributed by atoms with Crippen molar-refractivity contribution in [1.29, 1.82) is 0 Å². The number of carboxylic acid groups (broad SMARTS) is 1. The minimum atomic E-state index is -5.08. The second-order valence-corrected chi connectivity index (χ2v) is 8.79. The largest absolute Gasteiger partial charge is 0.490 e. The van der Waals surface area contributed by atoms with E-state index in [4.69, 9.17) is 14.6 Å². The van der Waals surface area contributed by atoms with E-state index in [0.29, 0.717) is 17.2 Å².